The summed E-state index contributed by atoms with van der Waals surface area (Å²) in [6.07, 6.45) is 2.05. The van der Waals surface area contributed by atoms with Gasteiger partial charge in [-0.3, -0.25) is 0 Å². The first kappa shape index (κ1) is 7.59. The fraction of sp³-hybridized carbons (Fsp3) is 0.273. The van der Waals surface area contributed by atoms with Gasteiger partial charge in [-0.1, -0.05) is 0 Å². The Morgan fingerprint density at radius 2 is 2.20 bits per heavy atom. The Kier molecular flexibility index (Phi) is 1.25. The van der Waals surface area contributed by atoms with Gasteiger partial charge in [-0.2, -0.15) is 0 Å². The molecule has 3 heterocycles. The van der Waals surface area contributed by atoms with Crippen LogP contribution in [0, 0.1) is 0 Å². The molecule has 15 heavy (non-hydrogen) atoms. The number of aromatic amines is 1. The summed E-state index contributed by atoms with van der Waals surface area (Å²) in [5, 5.41) is 4.66. The van der Waals surface area contributed by atoms with Gasteiger partial charge in [0.25, 0.3) is 0 Å². The summed E-state index contributed by atoms with van der Waals surface area (Å²) < 4.78 is 10.9. The lowest BCUT2D eigenvalue weighted by molar-refractivity contribution is 0.173. The van der Waals surface area contributed by atoms with Crippen LogP contribution in [-0.4, -0.2) is 11.8 Å². The van der Waals surface area contributed by atoms with E-state index in [1.54, 1.807) is 0 Å². The van der Waals surface area contributed by atoms with Crippen LogP contribution in [0.25, 0.3) is 10.9 Å². The molecule has 0 radical (unpaired) electrons. The molecule has 1 aromatic heterocycles. The lowest BCUT2D eigenvalue weighted by atomic mass is 10.0. The summed E-state index contributed by atoms with van der Waals surface area (Å²) in [5.41, 5.74) is 3.68. The highest BCUT2D eigenvalue weighted by atomic mass is 16.7. The summed E-state index contributed by atoms with van der Waals surface area (Å²) in [7, 11) is 0. The van der Waals surface area contributed by atoms with Gasteiger partial charge in [-0.05, 0) is 5.56 Å². The van der Waals surface area contributed by atoms with Crippen molar-refractivity contribution in [2.24, 2.45) is 0 Å². The van der Waals surface area contributed by atoms with E-state index in [0.29, 0.717) is 6.79 Å². The van der Waals surface area contributed by atoms with Gasteiger partial charge in [0.1, 0.15) is 0 Å². The van der Waals surface area contributed by atoms with Crippen LogP contribution < -0.4 is 14.8 Å². The first-order valence-electron chi connectivity index (χ1n) is 5.05. The molecule has 76 valence electrons. The smallest absolute Gasteiger partial charge is 0.231 e. The summed E-state index contributed by atoms with van der Waals surface area (Å²) in [5.74, 6) is 1.77. The second-order valence-electron chi connectivity index (χ2n) is 3.93. The van der Waals surface area contributed by atoms with Gasteiger partial charge in [0.05, 0.1) is 5.52 Å². The SMILES string of the molecule is c1[nH]c2cc3c(c4c2c1CNC4)OCO3. The Labute approximate surface area is 86.2 Å². The van der Waals surface area contributed by atoms with E-state index in [-0.39, 0.29) is 0 Å². The average Bonchev–Trinajstić information content (AvgIpc) is 2.87. The van der Waals surface area contributed by atoms with E-state index in [1.807, 2.05) is 6.07 Å². The van der Waals surface area contributed by atoms with Crippen LogP contribution in [0.15, 0.2) is 12.3 Å². The highest BCUT2D eigenvalue weighted by Crippen LogP contribution is 2.42. The van der Waals surface area contributed by atoms with Crippen molar-refractivity contribution < 1.29 is 9.47 Å². The third kappa shape index (κ3) is 0.849. The third-order valence-corrected chi connectivity index (χ3v) is 3.10. The molecular formula is C11H10N2O2. The topological polar surface area (TPSA) is 46.3 Å². The fourth-order valence-corrected chi connectivity index (χ4v) is 2.46. The molecule has 2 N–H and O–H groups in total. The van der Waals surface area contributed by atoms with Gasteiger partial charge in [0, 0.05) is 36.3 Å². The maximum atomic E-state index is 5.51. The maximum Gasteiger partial charge on any atom is 0.231 e. The molecule has 0 amide bonds. The van der Waals surface area contributed by atoms with Crippen molar-refractivity contribution >= 4 is 10.9 Å². The van der Waals surface area contributed by atoms with Gasteiger partial charge in [0.15, 0.2) is 11.5 Å². The maximum absolute atomic E-state index is 5.51. The Morgan fingerprint density at radius 1 is 1.20 bits per heavy atom. The van der Waals surface area contributed by atoms with Crippen molar-refractivity contribution in [3.8, 4) is 11.5 Å². The van der Waals surface area contributed by atoms with Gasteiger partial charge in [-0.25, -0.2) is 0 Å². The Balaban J connectivity index is 2.18. The minimum atomic E-state index is 0.338. The molecule has 2 aliphatic rings. The lowest BCUT2D eigenvalue weighted by Gasteiger charge is -2.15. The molecule has 0 aliphatic carbocycles. The van der Waals surface area contributed by atoms with Gasteiger partial charge in [-0.15, -0.1) is 0 Å². The molecule has 0 bridgehead atoms. The van der Waals surface area contributed by atoms with E-state index < -0.39 is 0 Å². The van der Waals surface area contributed by atoms with Crippen LogP contribution in [0.3, 0.4) is 0 Å². The minimum absolute atomic E-state index is 0.338. The predicted octanol–water partition coefficient (Wildman–Crippen LogP) is 1.50. The van der Waals surface area contributed by atoms with Crippen molar-refractivity contribution in [2.45, 2.75) is 13.1 Å². The van der Waals surface area contributed by atoms with Crippen LogP contribution in [0.1, 0.15) is 11.1 Å². The molecule has 4 rings (SSSR count). The van der Waals surface area contributed by atoms with E-state index in [0.717, 1.165) is 30.1 Å². The summed E-state index contributed by atoms with van der Waals surface area (Å²) in [4.78, 5) is 3.27. The van der Waals surface area contributed by atoms with Crippen LogP contribution >= 0.6 is 0 Å². The standard InChI is InChI=1S/C11H10N2O2/c1-8-10-6(3-13-8)2-12-4-7(10)11-9(1)14-5-15-11/h1,3,12-13H,2,4-5H2. The fourth-order valence-electron chi connectivity index (χ4n) is 2.46. The van der Waals surface area contributed by atoms with Crippen LogP contribution in [0.5, 0.6) is 11.5 Å². The van der Waals surface area contributed by atoms with E-state index in [4.69, 9.17) is 9.47 Å². The zero-order chi connectivity index (χ0) is 9.83. The number of benzene rings is 1. The highest BCUT2D eigenvalue weighted by Gasteiger charge is 2.24. The molecule has 0 fully saturated rings. The van der Waals surface area contributed by atoms with Crippen LogP contribution in [0.2, 0.25) is 0 Å². The molecule has 4 nitrogen and oxygen atoms in total. The van der Waals surface area contributed by atoms with Crippen molar-refractivity contribution in [1.29, 1.82) is 0 Å². The molecule has 0 saturated heterocycles. The molecular weight excluding hydrogens is 192 g/mol. The normalized spacial score (nSPS) is 17.3. The first-order chi connectivity index (χ1) is 7.43. The molecule has 1 aromatic carbocycles. The third-order valence-electron chi connectivity index (χ3n) is 3.10. The molecule has 0 saturated carbocycles. The highest BCUT2D eigenvalue weighted by molar-refractivity contribution is 5.91. The molecule has 0 spiro atoms. The summed E-state index contributed by atoms with van der Waals surface area (Å²) in [6, 6.07) is 2.02. The number of hydrogen-bond donors (Lipinski definition) is 2. The second-order valence-corrected chi connectivity index (χ2v) is 3.93. The number of fused-ring (bicyclic) bond motifs is 2. The van der Waals surface area contributed by atoms with Crippen LogP contribution in [0.4, 0.5) is 0 Å². The average molecular weight is 202 g/mol. The number of nitrogens with one attached hydrogen (secondary N) is 2. The Morgan fingerprint density at radius 3 is 3.20 bits per heavy atom. The van der Waals surface area contributed by atoms with Gasteiger partial charge in [0.2, 0.25) is 6.79 Å². The van der Waals surface area contributed by atoms with E-state index in [2.05, 4.69) is 16.5 Å². The Bertz CT molecular complexity index is 559. The van der Waals surface area contributed by atoms with E-state index >= 15 is 0 Å². The minimum Gasteiger partial charge on any atom is -0.454 e. The van der Waals surface area contributed by atoms with Gasteiger partial charge < -0.3 is 19.8 Å². The zero-order valence-electron chi connectivity index (χ0n) is 8.09. The summed E-state index contributed by atoms with van der Waals surface area (Å²) >= 11 is 0. The molecule has 2 aliphatic heterocycles. The second kappa shape index (κ2) is 2.46. The van der Waals surface area contributed by atoms with Crippen molar-refractivity contribution in [3.05, 3.63) is 23.4 Å². The number of hydrogen-bond acceptors (Lipinski definition) is 3. The van der Waals surface area contributed by atoms with Gasteiger partial charge >= 0.3 is 0 Å². The molecule has 2 aromatic rings. The summed E-state index contributed by atoms with van der Waals surface area (Å²) in [6.45, 7) is 2.12. The predicted molar refractivity (Wildman–Crippen MR) is 55.0 cm³/mol. The zero-order valence-corrected chi connectivity index (χ0v) is 8.09. The van der Waals surface area contributed by atoms with Crippen LogP contribution in [-0.2, 0) is 13.1 Å². The molecule has 0 unspecified atom stereocenters. The van der Waals surface area contributed by atoms with Crippen molar-refractivity contribution in [1.82, 2.24) is 10.3 Å². The number of rotatable bonds is 0. The monoisotopic (exact) mass is 202 g/mol. The number of H-pyrrole nitrogens is 1. The van der Waals surface area contributed by atoms with E-state index in [1.165, 1.54) is 16.5 Å². The number of ether oxygens (including phenoxy) is 2. The van der Waals surface area contributed by atoms with E-state index in [9.17, 15) is 0 Å². The quantitative estimate of drug-likeness (QED) is 0.680. The molecule has 4 heteroatoms. The largest absolute Gasteiger partial charge is 0.454 e. The Hall–Kier alpha value is -1.68. The first-order valence-corrected chi connectivity index (χ1v) is 5.05. The van der Waals surface area contributed by atoms with Crippen molar-refractivity contribution in [2.75, 3.05) is 6.79 Å². The number of aromatic nitrogens is 1. The molecule has 0 atom stereocenters. The van der Waals surface area contributed by atoms with Crippen molar-refractivity contribution in [3.63, 3.8) is 0 Å². The lowest BCUT2D eigenvalue weighted by Crippen LogP contribution is -2.17.